The van der Waals surface area contributed by atoms with Crippen molar-refractivity contribution in [3.63, 3.8) is 0 Å². The van der Waals surface area contributed by atoms with Crippen LogP contribution in [0, 0.1) is 0 Å². The molecule has 1 amide bonds. The topological polar surface area (TPSA) is 81.0 Å². The maximum absolute atomic E-state index is 12.8. The Morgan fingerprint density at radius 1 is 1.14 bits per heavy atom. The molecular weight excluding hydrogens is 372 g/mol. The summed E-state index contributed by atoms with van der Waals surface area (Å²) >= 11 is 0. The van der Waals surface area contributed by atoms with Gasteiger partial charge >= 0.3 is 5.97 Å². The van der Waals surface area contributed by atoms with Crippen molar-refractivity contribution >= 4 is 22.8 Å². The molecule has 7 heteroatoms. The van der Waals surface area contributed by atoms with Gasteiger partial charge < -0.3 is 24.0 Å². The number of benzene rings is 2. The molecule has 0 aliphatic carbocycles. The summed E-state index contributed by atoms with van der Waals surface area (Å²) in [4.78, 5) is 26.3. The van der Waals surface area contributed by atoms with Crippen molar-refractivity contribution in [3.8, 4) is 5.75 Å². The number of carboxylic acid groups (broad SMARTS) is 1. The van der Waals surface area contributed by atoms with E-state index < -0.39 is 5.97 Å². The maximum atomic E-state index is 12.8. The van der Waals surface area contributed by atoms with Gasteiger partial charge in [-0.25, -0.2) is 4.79 Å². The SMILES string of the molecule is COc1cccc(Cn2cc(C(=O)O)c3cc(C(=O)N4CCOCC4)ccc32)c1. The minimum absolute atomic E-state index is 0.105. The first-order valence-electron chi connectivity index (χ1n) is 9.43. The molecule has 1 N–H and O–H groups in total. The van der Waals surface area contributed by atoms with Crippen LogP contribution in [0.5, 0.6) is 5.75 Å². The zero-order valence-corrected chi connectivity index (χ0v) is 16.1. The van der Waals surface area contributed by atoms with Crippen LogP contribution in [0.15, 0.2) is 48.7 Å². The van der Waals surface area contributed by atoms with Gasteiger partial charge in [0.2, 0.25) is 0 Å². The molecule has 0 unspecified atom stereocenters. The van der Waals surface area contributed by atoms with Gasteiger partial charge in [-0.05, 0) is 35.9 Å². The molecule has 1 aliphatic heterocycles. The van der Waals surface area contributed by atoms with Gasteiger partial charge in [0.1, 0.15) is 5.75 Å². The van der Waals surface area contributed by atoms with E-state index in [2.05, 4.69) is 0 Å². The molecule has 0 saturated carbocycles. The Morgan fingerprint density at radius 2 is 1.93 bits per heavy atom. The van der Waals surface area contributed by atoms with Crippen LogP contribution < -0.4 is 4.74 Å². The standard InChI is InChI=1S/C22H22N2O5/c1-28-17-4-2-3-15(11-17)13-24-14-19(22(26)27)18-12-16(5-6-20(18)24)21(25)23-7-9-29-10-8-23/h2-6,11-12,14H,7-10,13H2,1H3,(H,26,27). The molecule has 7 nitrogen and oxygen atoms in total. The number of hydrogen-bond donors (Lipinski definition) is 1. The van der Waals surface area contributed by atoms with Gasteiger partial charge in [-0.2, -0.15) is 0 Å². The predicted molar refractivity (Wildman–Crippen MR) is 108 cm³/mol. The lowest BCUT2D eigenvalue weighted by Gasteiger charge is -2.26. The number of aromatic carboxylic acids is 1. The number of fused-ring (bicyclic) bond motifs is 1. The number of morpholine rings is 1. The lowest BCUT2D eigenvalue weighted by Crippen LogP contribution is -2.40. The van der Waals surface area contributed by atoms with Crippen LogP contribution >= 0.6 is 0 Å². The number of methoxy groups -OCH3 is 1. The highest BCUT2D eigenvalue weighted by Crippen LogP contribution is 2.25. The van der Waals surface area contributed by atoms with Crippen molar-refractivity contribution in [1.82, 2.24) is 9.47 Å². The summed E-state index contributed by atoms with van der Waals surface area (Å²) in [5.41, 5.74) is 2.43. The van der Waals surface area contributed by atoms with Gasteiger partial charge in [0.15, 0.2) is 0 Å². The highest BCUT2D eigenvalue weighted by molar-refractivity contribution is 6.06. The zero-order chi connectivity index (χ0) is 20.4. The molecule has 0 atom stereocenters. The minimum Gasteiger partial charge on any atom is -0.497 e. The molecule has 4 rings (SSSR count). The van der Waals surface area contributed by atoms with Crippen LogP contribution in [0.25, 0.3) is 10.9 Å². The fourth-order valence-corrected chi connectivity index (χ4v) is 3.65. The highest BCUT2D eigenvalue weighted by Gasteiger charge is 2.21. The molecule has 1 fully saturated rings. The van der Waals surface area contributed by atoms with Gasteiger partial charge in [0.25, 0.3) is 5.91 Å². The Balaban J connectivity index is 1.71. The summed E-state index contributed by atoms with van der Waals surface area (Å²) < 4.78 is 12.5. The van der Waals surface area contributed by atoms with Crippen LogP contribution in [0.1, 0.15) is 26.3 Å². The number of rotatable bonds is 5. The number of nitrogens with zero attached hydrogens (tertiary/aromatic N) is 2. The molecule has 1 aromatic heterocycles. The number of aromatic nitrogens is 1. The van der Waals surface area contributed by atoms with Gasteiger partial charge in [-0.3, -0.25) is 4.79 Å². The number of amides is 1. The molecule has 1 saturated heterocycles. The number of ether oxygens (including phenoxy) is 2. The number of carbonyl (C=O) groups is 2. The molecule has 150 valence electrons. The minimum atomic E-state index is -1.02. The molecule has 29 heavy (non-hydrogen) atoms. The smallest absolute Gasteiger partial charge is 0.337 e. The van der Waals surface area contributed by atoms with E-state index >= 15 is 0 Å². The summed E-state index contributed by atoms with van der Waals surface area (Å²) in [7, 11) is 1.61. The molecule has 2 heterocycles. The van der Waals surface area contributed by atoms with Crippen molar-refractivity contribution in [3.05, 3.63) is 65.4 Å². The van der Waals surface area contributed by atoms with Gasteiger partial charge in [0.05, 0.1) is 25.9 Å². The first-order valence-corrected chi connectivity index (χ1v) is 9.43. The van der Waals surface area contributed by atoms with Crippen LogP contribution in [0.3, 0.4) is 0 Å². The summed E-state index contributed by atoms with van der Waals surface area (Å²) in [5.74, 6) is -0.377. The molecule has 1 aliphatic rings. The van der Waals surface area contributed by atoms with E-state index in [0.717, 1.165) is 16.8 Å². The average molecular weight is 394 g/mol. The Morgan fingerprint density at radius 3 is 2.66 bits per heavy atom. The Kier molecular flexibility index (Phi) is 5.22. The van der Waals surface area contributed by atoms with Crippen molar-refractivity contribution in [2.24, 2.45) is 0 Å². The van der Waals surface area contributed by atoms with Crippen molar-refractivity contribution in [2.75, 3.05) is 33.4 Å². The number of carbonyl (C=O) groups excluding carboxylic acids is 1. The van der Waals surface area contributed by atoms with E-state index in [1.165, 1.54) is 0 Å². The summed E-state index contributed by atoms with van der Waals surface area (Å²) in [5, 5.41) is 10.2. The second-order valence-corrected chi connectivity index (χ2v) is 6.96. The zero-order valence-electron chi connectivity index (χ0n) is 16.1. The summed E-state index contributed by atoms with van der Waals surface area (Å²) in [6.45, 7) is 2.62. The lowest BCUT2D eigenvalue weighted by atomic mass is 10.1. The van der Waals surface area contributed by atoms with E-state index in [1.54, 1.807) is 30.3 Å². The summed E-state index contributed by atoms with van der Waals surface area (Å²) in [6, 6.07) is 12.9. The van der Waals surface area contributed by atoms with Crippen LogP contribution in [-0.4, -0.2) is 59.9 Å². The molecule has 3 aromatic rings. The molecule has 0 spiro atoms. The second kappa shape index (κ2) is 7.97. The lowest BCUT2D eigenvalue weighted by molar-refractivity contribution is 0.0303. The molecular formula is C22H22N2O5. The third-order valence-corrected chi connectivity index (χ3v) is 5.14. The maximum Gasteiger partial charge on any atom is 0.337 e. The second-order valence-electron chi connectivity index (χ2n) is 6.96. The van der Waals surface area contributed by atoms with E-state index in [9.17, 15) is 14.7 Å². The molecule has 0 bridgehead atoms. The normalized spacial score (nSPS) is 14.2. The van der Waals surface area contributed by atoms with Gasteiger partial charge in [-0.1, -0.05) is 12.1 Å². The summed E-state index contributed by atoms with van der Waals surface area (Å²) in [6.07, 6.45) is 1.62. The molecule has 0 radical (unpaired) electrons. The number of carboxylic acids is 1. The van der Waals surface area contributed by atoms with Gasteiger partial charge in [0, 0.05) is 42.3 Å². The van der Waals surface area contributed by atoms with E-state index in [0.29, 0.717) is 43.8 Å². The highest BCUT2D eigenvalue weighted by atomic mass is 16.5. The van der Waals surface area contributed by atoms with E-state index in [4.69, 9.17) is 9.47 Å². The molecule has 2 aromatic carbocycles. The fraction of sp³-hybridized carbons (Fsp3) is 0.273. The number of hydrogen-bond acceptors (Lipinski definition) is 4. The van der Waals surface area contributed by atoms with Crippen LogP contribution in [0.2, 0.25) is 0 Å². The van der Waals surface area contributed by atoms with Crippen molar-refractivity contribution < 1.29 is 24.2 Å². The predicted octanol–water partition coefficient (Wildman–Crippen LogP) is 2.87. The van der Waals surface area contributed by atoms with Crippen molar-refractivity contribution in [2.45, 2.75) is 6.54 Å². The quantitative estimate of drug-likeness (QED) is 0.720. The third-order valence-electron chi connectivity index (χ3n) is 5.14. The monoisotopic (exact) mass is 394 g/mol. The first-order chi connectivity index (χ1) is 14.1. The Bertz CT molecular complexity index is 1070. The van der Waals surface area contributed by atoms with Gasteiger partial charge in [-0.15, -0.1) is 0 Å². The average Bonchev–Trinajstić information content (AvgIpc) is 3.12. The van der Waals surface area contributed by atoms with Crippen molar-refractivity contribution in [1.29, 1.82) is 0 Å². The fourth-order valence-electron chi connectivity index (χ4n) is 3.65. The third kappa shape index (κ3) is 3.82. The van der Waals surface area contributed by atoms with E-state index in [1.807, 2.05) is 34.9 Å². The largest absolute Gasteiger partial charge is 0.497 e. The Hall–Kier alpha value is -3.32. The first kappa shape index (κ1) is 19.0. The van der Waals surface area contributed by atoms with Crippen LogP contribution in [-0.2, 0) is 11.3 Å². The van der Waals surface area contributed by atoms with Crippen LogP contribution in [0.4, 0.5) is 0 Å². The Labute approximate surface area is 168 Å². The van der Waals surface area contributed by atoms with E-state index in [-0.39, 0.29) is 11.5 Å².